The van der Waals surface area contributed by atoms with Crippen molar-refractivity contribution in [3.8, 4) is 0 Å². The van der Waals surface area contributed by atoms with E-state index in [1.54, 1.807) is 0 Å². The van der Waals surface area contributed by atoms with Crippen molar-refractivity contribution in [3.63, 3.8) is 0 Å². The van der Waals surface area contributed by atoms with Gasteiger partial charge in [0.05, 0.1) is 11.4 Å². The molecule has 0 amide bonds. The maximum atomic E-state index is 6.02. The van der Waals surface area contributed by atoms with Crippen LogP contribution in [0, 0.1) is 6.92 Å². The average molecular weight is 190 g/mol. The molecule has 0 unspecified atom stereocenters. The molecule has 1 saturated carbocycles. The van der Waals surface area contributed by atoms with E-state index in [0.717, 1.165) is 18.3 Å². The van der Waals surface area contributed by atoms with Gasteiger partial charge in [-0.25, -0.2) is 0 Å². The molecular formula is C12H18N2. The van der Waals surface area contributed by atoms with Gasteiger partial charge in [-0.05, 0) is 38.3 Å². The van der Waals surface area contributed by atoms with Crippen molar-refractivity contribution in [2.24, 2.45) is 0 Å². The number of nitrogens with zero attached hydrogens (tertiary/aromatic N) is 1. The van der Waals surface area contributed by atoms with E-state index in [2.05, 4.69) is 24.8 Å². The monoisotopic (exact) mass is 190 g/mol. The number of nitrogens with two attached hydrogens (primary N) is 1. The summed E-state index contributed by atoms with van der Waals surface area (Å²) in [7, 11) is 0. The van der Waals surface area contributed by atoms with Crippen molar-refractivity contribution in [2.45, 2.75) is 32.7 Å². The molecule has 0 bridgehead atoms. The van der Waals surface area contributed by atoms with E-state index in [9.17, 15) is 0 Å². The van der Waals surface area contributed by atoms with Crippen LogP contribution in [-0.2, 0) is 0 Å². The molecule has 2 N–H and O–H groups in total. The second-order valence-electron chi connectivity index (χ2n) is 4.03. The van der Waals surface area contributed by atoms with Crippen molar-refractivity contribution >= 4 is 11.4 Å². The fourth-order valence-corrected chi connectivity index (χ4v) is 2.06. The summed E-state index contributed by atoms with van der Waals surface area (Å²) in [5.41, 5.74) is 9.48. The van der Waals surface area contributed by atoms with Crippen LogP contribution < -0.4 is 10.6 Å². The molecule has 1 aromatic rings. The summed E-state index contributed by atoms with van der Waals surface area (Å²) in [4.78, 5) is 2.44. The third-order valence-corrected chi connectivity index (χ3v) is 2.88. The lowest BCUT2D eigenvalue weighted by molar-refractivity contribution is 0.824. The summed E-state index contributed by atoms with van der Waals surface area (Å²) in [5.74, 6) is 0. The van der Waals surface area contributed by atoms with E-state index in [4.69, 9.17) is 5.73 Å². The highest BCUT2D eigenvalue weighted by molar-refractivity contribution is 5.72. The van der Waals surface area contributed by atoms with Crippen LogP contribution in [0.1, 0.15) is 25.3 Å². The van der Waals surface area contributed by atoms with Crippen LogP contribution in [0.5, 0.6) is 0 Å². The van der Waals surface area contributed by atoms with Gasteiger partial charge in [0.25, 0.3) is 0 Å². The standard InChI is InChI=1S/C12H18N2/c1-3-14(10-7-8-10)12-9(2)5-4-6-11(12)13/h4-6,10H,3,7-8,13H2,1-2H3. The van der Waals surface area contributed by atoms with Crippen molar-refractivity contribution < 1.29 is 0 Å². The lowest BCUT2D eigenvalue weighted by atomic mass is 10.1. The lowest BCUT2D eigenvalue weighted by Gasteiger charge is -2.26. The molecule has 2 nitrogen and oxygen atoms in total. The summed E-state index contributed by atoms with van der Waals surface area (Å²) in [6.45, 7) is 5.39. The maximum absolute atomic E-state index is 6.02. The zero-order chi connectivity index (χ0) is 10.1. The Kier molecular flexibility index (Phi) is 2.36. The van der Waals surface area contributed by atoms with Gasteiger partial charge in [0.2, 0.25) is 0 Å². The summed E-state index contributed by atoms with van der Waals surface area (Å²) < 4.78 is 0. The molecular weight excluding hydrogens is 172 g/mol. The number of hydrogen-bond acceptors (Lipinski definition) is 2. The van der Waals surface area contributed by atoms with Crippen LogP contribution in [0.15, 0.2) is 18.2 Å². The molecule has 0 spiro atoms. The molecule has 2 rings (SSSR count). The molecule has 0 atom stereocenters. The van der Waals surface area contributed by atoms with Gasteiger partial charge in [0, 0.05) is 12.6 Å². The zero-order valence-corrected chi connectivity index (χ0v) is 8.96. The number of aryl methyl sites for hydroxylation is 1. The number of benzene rings is 1. The number of para-hydroxylation sites is 1. The van der Waals surface area contributed by atoms with E-state index in [0.29, 0.717) is 0 Å². The van der Waals surface area contributed by atoms with Gasteiger partial charge in [-0.1, -0.05) is 12.1 Å². The van der Waals surface area contributed by atoms with Crippen molar-refractivity contribution in [1.82, 2.24) is 0 Å². The third-order valence-electron chi connectivity index (χ3n) is 2.88. The first-order valence-electron chi connectivity index (χ1n) is 5.35. The Morgan fingerprint density at radius 1 is 1.43 bits per heavy atom. The predicted octanol–water partition coefficient (Wildman–Crippen LogP) is 2.57. The normalized spacial score (nSPS) is 15.6. The van der Waals surface area contributed by atoms with Gasteiger partial charge >= 0.3 is 0 Å². The molecule has 0 aromatic heterocycles. The Hall–Kier alpha value is -1.18. The summed E-state index contributed by atoms with van der Waals surface area (Å²) in [6, 6.07) is 6.89. The van der Waals surface area contributed by atoms with Crippen LogP contribution in [-0.4, -0.2) is 12.6 Å². The fraction of sp³-hybridized carbons (Fsp3) is 0.500. The molecule has 76 valence electrons. The minimum atomic E-state index is 0.739. The van der Waals surface area contributed by atoms with Crippen LogP contribution in [0.25, 0.3) is 0 Å². The van der Waals surface area contributed by atoms with Gasteiger partial charge in [-0.3, -0.25) is 0 Å². The predicted molar refractivity (Wildman–Crippen MR) is 61.6 cm³/mol. The van der Waals surface area contributed by atoms with Crippen molar-refractivity contribution in [3.05, 3.63) is 23.8 Å². The van der Waals surface area contributed by atoms with Crippen LogP contribution in [0.4, 0.5) is 11.4 Å². The van der Waals surface area contributed by atoms with Gasteiger partial charge in [-0.15, -0.1) is 0 Å². The molecule has 1 aliphatic carbocycles. The summed E-state index contributed by atoms with van der Waals surface area (Å²) >= 11 is 0. The Bertz CT molecular complexity index is 309. The highest BCUT2D eigenvalue weighted by Gasteiger charge is 2.29. The quantitative estimate of drug-likeness (QED) is 0.742. The van der Waals surface area contributed by atoms with Crippen LogP contribution in [0.3, 0.4) is 0 Å². The van der Waals surface area contributed by atoms with Gasteiger partial charge in [0.15, 0.2) is 0 Å². The minimum Gasteiger partial charge on any atom is -0.397 e. The molecule has 1 aliphatic rings. The lowest BCUT2D eigenvalue weighted by Crippen LogP contribution is -2.26. The van der Waals surface area contributed by atoms with Gasteiger partial charge in [0.1, 0.15) is 0 Å². The Morgan fingerprint density at radius 2 is 2.14 bits per heavy atom. The molecule has 2 heteroatoms. The summed E-state index contributed by atoms with van der Waals surface area (Å²) in [5, 5.41) is 0. The third kappa shape index (κ3) is 1.57. The number of anilines is 2. The van der Waals surface area contributed by atoms with E-state index in [1.807, 2.05) is 12.1 Å². The van der Waals surface area contributed by atoms with Gasteiger partial charge in [-0.2, -0.15) is 0 Å². The average Bonchev–Trinajstić information content (AvgIpc) is 2.95. The number of hydrogen-bond donors (Lipinski definition) is 1. The first-order valence-corrected chi connectivity index (χ1v) is 5.35. The Labute approximate surface area is 85.7 Å². The smallest absolute Gasteiger partial charge is 0.0632 e. The van der Waals surface area contributed by atoms with Crippen molar-refractivity contribution in [1.29, 1.82) is 0 Å². The molecule has 1 aromatic carbocycles. The highest BCUT2D eigenvalue weighted by atomic mass is 15.2. The molecule has 0 radical (unpaired) electrons. The van der Waals surface area contributed by atoms with E-state index >= 15 is 0 Å². The highest BCUT2D eigenvalue weighted by Crippen LogP contribution is 2.36. The Balaban J connectivity index is 2.36. The molecule has 0 heterocycles. The maximum Gasteiger partial charge on any atom is 0.0632 e. The van der Waals surface area contributed by atoms with E-state index < -0.39 is 0 Å². The second kappa shape index (κ2) is 3.52. The largest absolute Gasteiger partial charge is 0.397 e. The molecule has 1 fully saturated rings. The van der Waals surface area contributed by atoms with Crippen LogP contribution in [0.2, 0.25) is 0 Å². The fourth-order valence-electron chi connectivity index (χ4n) is 2.06. The molecule has 14 heavy (non-hydrogen) atoms. The van der Waals surface area contributed by atoms with Gasteiger partial charge < -0.3 is 10.6 Å². The number of rotatable bonds is 3. The molecule has 0 aliphatic heterocycles. The van der Waals surface area contributed by atoms with Crippen molar-refractivity contribution in [2.75, 3.05) is 17.2 Å². The Morgan fingerprint density at radius 3 is 2.64 bits per heavy atom. The topological polar surface area (TPSA) is 29.3 Å². The minimum absolute atomic E-state index is 0.739. The second-order valence-corrected chi connectivity index (χ2v) is 4.03. The van der Waals surface area contributed by atoms with Crippen LogP contribution >= 0.6 is 0 Å². The van der Waals surface area contributed by atoms with E-state index in [1.165, 1.54) is 24.1 Å². The number of nitrogen functional groups attached to an aromatic ring is 1. The first kappa shape index (κ1) is 9.38. The first-order chi connectivity index (χ1) is 6.74. The molecule has 0 saturated heterocycles. The SMILES string of the molecule is CCN(c1c(C)cccc1N)C1CC1. The zero-order valence-electron chi connectivity index (χ0n) is 8.96. The summed E-state index contributed by atoms with van der Waals surface area (Å²) in [6.07, 6.45) is 2.64. The van der Waals surface area contributed by atoms with E-state index in [-0.39, 0.29) is 0 Å².